The molecule has 1 aliphatic heterocycles. The molecule has 0 N–H and O–H groups in total. The highest BCUT2D eigenvalue weighted by atomic mass is 32.2. The smallest absolute Gasteiger partial charge is 0.270 e. The number of aryl methyl sites for hydroxylation is 2. The van der Waals surface area contributed by atoms with E-state index in [4.69, 9.17) is 21.7 Å². The van der Waals surface area contributed by atoms with Gasteiger partial charge in [-0.1, -0.05) is 42.2 Å². The van der Waals surface area contributed by atoms with Gasteiger partial charge < -0.3 is 9.47 Å². The molecular formula is C20H19NO3S2. The number of methoxy groups -OCH3 is 2. The van der Waals surface area contributed by atoms with E-state index in [0.29, 0.717) is 20.7 Å². The van der Waals surface area contributed by atoms with Crippen LogP contribution >= 0.6 is 24.0 Å². The number of benzene rings is 2. The maximum absolute atomic E-state index is 12.9. The molecule has 0 aliphatic carbocycles. The zero-order chi connectivity index (χ0) is 18.8. The summed E-state index contributed by atoms with van der Waals surface area (Å²) in [6.07, 6.45) is 1.79. The Labute approximate surface area is 162 Å². The van der Waals surface area contributed by atoms with Crippen molar-refractivity contribution in [3.05, 3.63) is 58.0 Å². The van der Waals surface area contributed by atoms with Crippen LogP contribution in [-0.4, -0.2) is 24.4 Å². The zero-order valence-corrected chi connectivity index (χ0v) is 16.7. The molecule has 0 atom stereocenters. The predicted octanol–water partition coefficient (Wildman–Crippen LogP) is 4.73. The lowest BCUT2D eigenvalue weighted by atomic mass is 10.1. The molecule has 2 aromatic carbocycles. The molecule has 2 aromatic rings. The number of nitrogens with zero attached hydrogens (tertiary/aromatic N) is 1. The SMILES string of the molecule is COc1cccc(C=C2SC(=S)N(c3ccc(C)c(C)c3)C2=O)c1OC. The number of carbonyl (C=O) groups excluding carboxylic acids is 1. The lowest BCUT2D eigenvalue weighted by molar-refractivity contribution is -0.113. The number of hydrogen-bond donors (Lipinski definition) is 0. The normalized spacial score (nSPS) is 15.7. The maximum atomic E-state index is 12.9. The molecule has 0 spiro atoms. The number of rotatable bonds is 4. The summed E-state index contributed by atoms with van der Waals surface area (Å²) >= 11 is 6.74. The second-order valence-corrected chi connectivity index (χ2v) is 7.54. The second kappa shape index (κ2) is 7.51. The van der Waals surface area contributed by atoms with E-state index < -0.39 is 0 Å². The average molecular weight is 386 g/mol. The molecule has 0 bridgehead atoms. The third kappa shape index (κ3) is 3.34. The minimum atomic E-state index is -0.131. The van der Waals surface area contributed by atoms with Crippen molar-refractivity contribution in [2.75, 3.05) is 19.1 Å². The minimum absolute atomic E-state index is 0.131. The van der Waals surface area contributed by atoms with Gasteiger partial charge in [-0.3, -0.25) is 9.69 Å². The topological polar surface area (TPSA) is 38.8 Å². The van der Waals surface area contributed by atoms with E-state index >= 15 is 0 Å². The van der Waals surface area contributed by atoms with Crippen LogP contribution in [0.2, 0.25) is 0 Å². The summed E-state index contributed by atoms with van der Waals surface area (Å²) in [4.78, 5) is 15.1. The molecule has 1 aliphatic rings. The summed E-state index contributed by atoms with van der Waals surface area (Å²) in [5.74, 6) is 1.07. The Kier molecular flexibility index (Phi) is 5.34. The predicted molar refractivity (Wildman–Crippen MR) is 111 cm³/mol. The van der Waals surface area contributed by atoms with Crippen LogP contribution in [0.1, 0.15) is 16.7 Å². The van der Waals surface area contributed by atoms with E-state index in [-0.39, 0.29) is 5.91 Å². The first-order valence-corrected chi connectivity index (χ1v) is 9.25. The molecule has 3 rings (SSSR count). The summed E-state index contributed by atoms with van der Waals surface area (Å²) in [6, 6.07) is 11.5. The van der Waals surface area contributed by atoms with E-state index in [2.05, 4.69) is 0 Å². The molecule has 0 unspecified atom stereocenters. The van der Waals surface area contributed by atoms with Gasteiger partial charge in [-0.2, -0.15) is 0 Å². The Morgan fingerprint density at radius 3 is 2.50 bits per heavy atom. The van der Waals surface area contributed by atoms with Gasteiger partial charge in [0, 0.05) is 5.56 Å². The fourth-order valence-electron chi connectivity index (χ4n) is 2.72. The molecule has 1 amide bonds. The number of thiocarbonyl (C=S) groups is 1. The molecule has 0 saturated carbocycles. The molecule has 0 radical (unpaired) electrons. The van der Waals surface area contributed by atoms with Crippen molar-refractivity contribution in [2.45, 2.75) is 13.8 Å². The summed E-state index contributed by atoms with van der Waals surface area (Å²) < 4.78 is 11.3. The summed E-state index contributed by atoms with van der Waals surface area (Å²) in [5, 5.41) is 0. The lowest BCUT2D eigenvalue weighted by Crippen LogP contribution is -2.27. The lowest BCUT2D eigenvalue weighted by Gasteiger charge is -2.16. The second-order valence-electron chi connectivity index (χ2n) is 5.87. The third-order valence-electron chi connectivity index (χ3n) is 4.26. The van der Waals surface area contributed by atoms with Crippen molar-refractivity contribution in [1.29, 1.82) is 0 Å². The molecule has 1 heterocycles. The highest BCUT2D eigenvalue weighted by Gasteiger charge is 2.33. The van der Waals surface area contributed by atoms with Crippen LogP contribution in [0.15, 0.2) is 41.3 Å². The van der Waals surface area contributed by atoms with Gasteiger partial charge in [-0.15, -0.1) is 0 Å². The summed E-state index contributed by atoms with van der Waals surface area (Å²) in [7, 11) is 3.16. The largest absolute Gasteiger partial charge is 0.493 e. The molecule has 26 heavy (non-hydrogen) atoms. The fourth-order valence-corrected chi connectivity index (χ4v) is 4.01. The number of ether oxygens (including phenoxy) is 2. The molecule has 1 fully saturated rings. The van der Waals surface area contributed by atoms with Crippen molar-refractivity contribution >= 4 is 46.0 Å². The highest BCUT2D eigenvalue weighted by Crippen LogP contribution is 2.39. The van der Waals surface area contributed by atoms with Crippen molar-refractivity contribution in [1.82, 2.24) is 0 Å². The van der Waals surface area contributed by atoms with Gasteiger partial charge in [-0.25, -0.2) is 0 Å². The van der Waals surface area contributed by atoms with Crippen molar-refractivity contribution in [2.24, 2.45) is 0 Å². The van der Waals surface area contributed by atoms with E-state index in [0.717, 1.165) is 16.8 Å². The van der Waals surface area contributed by atoms with E-state index in [1.165, 1.54) is 17.3 Å². The van der Waals surface area contributed by atoms with E-state index in [1.807, 2.05) is 50.2 Å². The first kappa shape index (κ1) is 18.5. The Morgan fingerprint density at radius 2 is 1.85 bits per heavy atom. The number of anilines is 1. The highest BCUT2D eigenvalue weighted by molar-refractivity contribution is 8.27. The number of hydrogen-bond acceptors (Lipinski definition) is 5. The van der Waals surface area contributed by atoms with Crippen LogP contribution in [0.5, 0.6) is 11.5 Å². The monoisotopic (exact) mass is 385 g/mol. The quantitative estimate of drug-likeness (QED) is 0.562. The van der Waals surface area contributed by atoms with Crippen molar-refractivity contribution in [3.8, 4) is 11.5 Å². The molecule has 6 heteroatoms. The fraction of sp³-hybridized carbons (Fsp3) is 0.200. The van der Waals surface area contributed by atoms with Crippen LogP contribution < -0.4 is 14.4 Å². The Bertz CT molecular complexity index is 921. The molecule has 1 saturated heterocycles. The van der Waals surface area contributed by atoms with E-state index in [9.17, 15) is 4.79 Å². The summed E-state index contributed by atoms with van der Waals surface area (Å²) in [6.45, 7) is 4.06. The van der Waals surface area contributed by atoms with Gasteiger partial charge in [0.25, 0.3) is 5.91 Å². The third-order valence-corrected chi connectivity index (χ3v) is 5.56. The van der Waals surface area contributed by atoms with Crippen LogP contribution in [0.25, 0.3) is 6.08 Å². The standard InChI is InChI=1S/C20H19NO3S2/c1-12-8-9-15(10-13(12)2)21-19(22)17(26-20(21)25)11-14-6-5-7-16(23-3)18(14)24-4/h5-11H,1-4H3. The molecule has 134 valence electrons. The van der Waals surface area contributed by atoms with Crippen LogP contribution in [0.4, 0.5) is 5.69 Å². The zero-order valence-electron chi connectivity index (χ0n) is 15.0. The molecule has 0 aromatic heterocycles. The van der Waals surface area contributed by atoms with Gasteiger partial charge in [0.15, 0.2) is 15.8 Å². The number of para-hydroxylation sites is 1. The maximum Gasteiger partial charge on any atom is 0.270 e. The van der Waals surface area contributed by atoms with E-state index in [1.54, 1.807) is 25.2 Å². The van der Waals surface area contributed by atoms with Crippen molar-refractivity contribution < 1.29 is 14.3 Å². The van der Waals surface area contributed by atoms with Crippen LogP contribution in [0, 0.1) is 13.8 Å². The van der Waals surface area contributed by atoms with Gasteiger partial charge in [0.2, 0.25) is 0 Å². The Hall–Kier alpha value is -2.31. The van der Waals surface area contributed by atoms with Crippen LogP contribution in [0.3, 0.4) is 0 Å². The molecule has 4 nitrogen and oxygen atoms in total. The average Bonchev–Trinajstić information content (AvgIpc) is 2.90. The van der Waals surface area contributed by atoms with Gasteiger partial charge in [-0.05, 0) is 49.2 Å². The number of carbonyl (C=O) groups is 1. The number of thioether (sulfide) groups is 1. The van der Waals surface area contributed by atoms with Crippen LogP contribution in [-0.2, 0) is 4.79 Å². The van der Waals surface area contributed by atoms with Gasteiger partial charge in [0.05, 0.1) is 24.8 Å². The Balaban J connectivity index is 1.99. The van der Waals surface area contributed by atoms with Gasteiger partial charge in [0.1, 0.15) is 0 Å². The molecular weight excluding hydrogens is 366 g/mol. The summed E-state index contributed by atoms with van der Waals surface area (Å²) in [5.41, 5.74) is 3.86. The first-order valence-electron chi connectivity index (χ1n) is 8.02. The number of amides is 1. The Morgan fingerprint density at radius 1 is 1.08 bits per heavy atom. The first-order chi connectivity index (χ1) is 12.5. The minimum Gasteiger partial charge on any atom is -0.493 e. The van der Waals surface area contributed by atoms with Gasteiger partial charge >= 0.3 is 0 Å². The van der Waals surface area contributed by atoms with Crippen molar-refractivity contribution in [3.63, 3.8) is 0 Å².